The van der Waals surface area contributed by atoms with Crippen molar-refractivity contribution in [2.45, 2.75) is 32.1 Å². The Bertz CT molecular complexity index is 662. The van der Waals surface area contributed by atoms with Gasteiger partial charge in [0.2, 0.25) is 0 Å². The van der Waals surface area contributed by atoms with Crippen molar-refractivity contribution in [2.75, 3.05) is 6.61 Å². The zero-order valence-electron chi connectivity index (χ0n) is 11.9. The van der Waals surface area contributed by atoms with E-state index in [4.69, 9.17) is 4.74 Å². The van der Waals surface area contributed by atoms with Crippen molar-refractivity contribution >= 4 is 5.69 Å². The van der Waals surface area contributed by atoms with Gasteiger partial charge in [-0.05, 0) is 18.4 Å². The lowest BCUT2D eigenvalue weighted by Crippen LogP contribution is -2.11. The smallest absolute Gasteiger partial charge is 0.269 e. The molecule has 22 heavy (non-hydrogen) atoms. The summed E-state index contributed by atoms with van der Waals surface area (Å²) in [4.78, 5) is 10.2. The topological polar surface area (TPSA) is 103 Å². The van der Waals surface area contributed by atoms with E-state index in [0.717, 1.165) is 24.1 Å². The summed E-state index contributed by atoms with van der Waals surface area (Å²) in [5.74, 6) is 0. The van der Waals surface area contributed by atoms with Crippen LogP contribution in [0.2, 0.25) is 0 Å². The zero-order chi connectivity index (χ0) is 15.5. The molecule has 2 aromatic rings. The fourth-order valence-corrected chi connectivity index (χ4v) is 2.63. The lowest BCUT2D eigenvalue weighted by molar-refractivity contribution is -0.384. The number of rotatable bonds is 5. The second-order valence-corrected chi connectivity index (χ2v) is 5.16. The number of aliphatic hydroxyl groups excluding tert-OH is 1. The molecule has 1 aliphatic heterocycles. The monoisotopic (exact) mass is 304 g/mol. The van der Waals surface area contributed by atoms with Crippen LogP contribution in [0.25, 0.3) is 0 Å². The van der Waals surface area contributed by atoms with Crippen LogP contribution in [0, 0.1) is 10.1 Å². The molecular weight excluding hydrogens is 288 g/mol. The van der Waals surface area contributed by atoms with E-state index in [1.54, 1.807) is 16.8 Å². The Morgan fingerprint density at radius 1 is 1.41 bits per heavy atom. The van der Waals surface area contributed by atoms with Crippen molar-refractivity contribution in [1.29, 1.82) is 0 Å². The largest absolute Gasteiger partial charge is 0.390 e. The number of non-ortho nitro benzene ring substituents is 1. The van der Waals surface area contributed by atoms with Crippen LogP contribution in [0.1, 0.15) is 35.9 Å². The number of hydrogen-bond acceptors (Lipinski definition) is 6. The van der Waals surface area contributed by atoms with Crippen LogP contribution in [-0.2, 0) is 17.9 Å². The van der Waals surface area contributed by atoms with Crippen LogP contribution in [0.5, 0.6) is 0 Å². The van der Waals surface area contributed by atoms with Crippen molar-refractivity contribution in [2.24, 2.45) is 0 Å². The molecule has 0 saturated carbocycles. The molecule has 1 saturated heterocycles. The molecule has 1 aliphatic rings. The Kier molecular flexibility index (Phi) is 4.12. The van der Waals surface area contributed by atoms with Crippen LogP contribution in [0.15, 0.2) is 24.3 Å². The van der Waals surface area contributed by atoms with Crippen molar-refractivity contribution in [1.82, 2.24) is 15.0 Å². The lowest BCUT2D eigenvalue weighted by atomic mass is 10.1. The number of ether oxygens (including phenoxy) is 1. The first-order valence-corrected chi connectivity index (χ1v) is 7.07. The van der Waals surface area contributed by atoms with Crippen molar-refractivity contribution in [3.63, 3.8) is 0 Å². The summed E-state index contributed by atoms with van der Waals surface area (Å²) in [5, 5.41) is 28.2. The minimum atomic E-state index is -0.430. The van der Waals surface area contributed by atoms with E-state index in [9.17, 15) is 15.2 Å². The highest BCUT2D eigenvalue weighted by molar-refractivity contribution is 5.33. The predicted molar refractivity (Wildman–Crippen MR) is 76.1 cm³/mol. The first kappa shape index (κ1) is 14.6. The lowest BCUT2D eigenvalue weighted by Gasteiger charge is -2.13. The highest BCUT2D eigenvalue weighted by Gasteiger charge is 2.26. The molecule has 1 unspecified atom stereocenters. The van der Waals surface area contributed by atoms with E-state index in [0.29, 0.717) is 18.8 Å². The quantitative estimate of drug-likeness (QED) is 0.664. The van der Waals surface area contributed by atoms with Crippen LogP contribution < -0.4 is 0 Å². The molecule has 0 bridgehead atoms. The Balaban J connectivity index is 1.85. The van der Waals surface area contributed by atoms with Gasteiger partial charge in [-0.1, -0.05) is 17.3 Å². The Labute approximate surface area is 126 Å². The summed E-state index contributed by atoms with van der Waals surface area (Å²) < 4.78 is 7.36. The van der Waals surface area contributed by atoms with Gasteiger partial charge in [0, 0.05) is 18.7 Å². The SMILES string of the molecule is O=[N+]([O-])c1ccc(Cn2nnc(CO)c2C2CCCO2)cc1. The molecule has 0 aliphatic carbocycles. The molecule has 116 valence electrons. The Morgan fingerprint density at radius 2 is 2.18 bits per heavy atom. The maximum absolute atomic E-state index is 10.7. The summed E-state index contributed by atoms with van der Waals surface area (Å²) >= 11 is 0. The van der Waals surface area contributed by atoms with Gasteiger partial charge < -0.3 is 9.84 Å². The molecule has 8 heteroatoms. The summed E-state index contributed by atoms with van der Waals surface area (Å²) in [6, 6.07) is 6.31. The average Bonchev–Trinajstić information content (AvgIpc) is 3.16. The van der Waals surface area contributed by atoms with E-state index < -0.39 is 4.92 Å². The zero-order valence-corrected chi connectivity index (χ0v) is 11.9. The maximum Gasteiger partial charge on any atom is 0.269 e. The van der Waals surface area contributed by atoms with Crippen molar-refractivity contribution < 1.29 is 14.8 Å². The van der Waals surface area contributed by atoms with E-state index in [1.165, 1.54) is 12.1 Å². The van der Waals surface area contributed by atoms with Gasteiger partial charge in [-0.3, -0.25) is 10.1 Å². The molecule has 1 aromatic carbocycles. The van der Waals surface area contributed by atoms with Gasteiger partial charge in [0.05, 0.1) is 23.8 Å². The minimum absolute atomic E-state index is 0.0535. The van der Waals surface area contributed by atoms with Crippen molar-refractivity contribution in [3.05, 3.63) is 51.3 Å². The number of aliphatic hydroxyl groups is 1. The number of nitro groups is 1. The van der Waals surface area contributed by atoms with Crippen molar-refractivity contribution in [3.8, 4) is 0 Å². The number of benzene rings is 1. The minimum Gasteiger partial charge on any atom is -0.390 e. The van der Waals surface area contributed by atoms with Crippen LogP contribution in [0.3, 0.4) is 0 Å². The third kappa shape index (κ3) is 2.83. The Hall–Kier alpha value is -2.32. The molecule has 8 nitrogen and oxygen atoms in total. The fraction of sp³-hybridized carbons (Fsp3) is 0.429. The molecule has 0 radical (unpaired) electrons. The van der Waals surface area contributed by atoms with Crippen LogP contribution in [0.4, 0.5) is 5.69 Å². The predicted octanol–water partition coefficient (Wildman–Crippen LogP) is 1.58. The molecule has 1 N–H and O–H groups in total. The second kappa shape index (κ2) is 6.20. The van der Waals surface area contributed by atoms with Crippen LogP contribution >= 0.6 is 0 Å². The summed E-state index contributed by atoms with van der Waals surface area (Å²) in [6.07, 6.45) is 1.74. The third-order valence-electron chi connectivity index (χ3n) is 3.71. The molecule has 1 aromatic heterocycles. The molecule has 1 fully saturated rings. The van der Waals surface area contributed by atoms with Gasteiger partial charge in [0.15, 0.2) is 0 Å². The summed E-state index contributed by atoms with van der Waals surface area (Å²) in [7, 11) is 0. The van der Waals surface area contributed by atoms with E-state index >= 15 is 0 Å². The Morgan fingerprint density at radius 3 is 2.77 bits per heavy atom. The first-order chi connectivity index (χ1) is 10.7. The summed E-state index contributed by atoms with van der Waals surface area (Å²) in [5.41, 5.74) is 2.24. The van der Waals surface area contributed by atoms with Gasteiger partial charge in [0.1, 0.15) is 11.8 Å². The molecule has 0 spiro atoms. The number of aromatic nitrogens is 3. The molecule has 3 rings (SSSR count). The molecule has 2 heterocycles. The van der Waals surface area contributed by atoms with E-state index in [-0.39, 0.29) is 18.4 Å². The second-order valence-electron chi connectivity index (χ2n) is 5.16. The number of hydrogen-bond donors (Lipinski definition) is 1. The highest BCUT2D eigenvalue weighted by Crippen LogP contribution is 2.30. The average molecular weight is 304 g/mol. The van der Waals surface area contributed by atoms with E-state index in [2.05, 4.69) is 10.3 Å². The van der Waals surface area contributed by atoms with Gasteiger partial charge in [-0.15, -0.1) is 5.10 Å². The van der Waals surface area contributed by atoms with E-state index in [1.807, 2.05) is 0 Å². The van der Waals surface area contributed by atoms with Crippen LogP contribution in [-0.4, -0.2) is 31.6 Å². The third-order valence-corrected chi connectivity index (χ3v) is 3.71. The maximum atomic E-state index is 10.7. The van der Waals surface area contributed by atoms with Gasteiger partial charge >= 0.3 is 0 Å². The molecular formula is C14H16N4O4. The molecule has 1 atom stereocenters. The first-order valence-electron chi connectivity index (χ1n) is 7.07. The standard InChI is InChI=1S/C14H16N4O4/c19-9-12-14(13-2-1-7-22-13)17(16-15-12)8-10-3-5-11(6-4-10)18(20)21/h3-6,13,19H,1-2,7-9H2. The molecule has 0 amide bonds. The van der Waals surface area contributed by atoms with Gasteiger partial charge in [-0.2, -0.15) is 0 Å². The highest BCUT2D eigenvalue weighted by atomic mass is 16.6. The number of nitrogens with zero attached hydrogens (tertiary/aromatic N) is 4. The van der Waals surface area contributed by atoms with Gasteiger partial charge in [0.25, 0.3) is 5.69 Å². The number of nitro benzene ring substituents is 1. The fourth-order valence-electron chi connectivity index (χ4n) is 2.63. The normalized spacial score (nSPS) is 17.8. The summed E-state index contributed by atoms with van der Waals surface area (Å²) in [6.45, 7) is 0.938. The van der Waals surface area contributed by atoms with Gasteiger partial charge in [-0.25, -0.2) is 4.68 Å².